The van der Waals surface area contributed by atoms with Crippen molar-refractivity contribution >= 4 is 17.7 Å². The maximum atomic E-state index is 13.2. The minimum Gasteiger partial charge on any atom is -0.491 e. The van der Waals surface area contributed by atoms with Crippen molar-refractivity contribution in [2.45, 2.75) is 112 Å². The highest BCUT2D eigenvalue weighted by atomic mass is 16.6. The predicted molar refractivity (Wildman–Crippen MR) is 166 cm³/mol. The molecule has 2 aromatic rings. The lowest BCUT2D eigenvalue weighted by Crippen LogP contribution is -2.42. The number of aliphatic hydroxyl groups is 1. The zero-order valence-electron chi connectivity index (χ0n) is 26.5. The Morgan fingerprint density at radius 2 is 1.64 bits per heavy atom. The number of amides is 2. The molecule has 0 radical (unpaired) electrons. The molecular formula is C32H50N4O6. The van der Waals surface area contributed by atoms with Crippen molar-refractivity contribution in [2.75, 3.05) is 18.5 Å². The molecule has 3 rings (SSSR count). The van der Waals surface area contributed by atoms with Crippen LogP contribution in [-0.4, -0.2) is 53.0 Å². The van der Waals surface area contributed by atoms with Gasteiger partial charge in [-0.3, -0.25) is 9.59 Å². The molecule has 1 fully saturated rings. The largest absolute Gasteiger partial charge is 0.491 e. The van der Waals surface area contributed by atoms with Crippen molar-refractivity contribution in [3.63, 3.8) is 0 Å². The van der Waals surface area contributed by atoms with Gasteiger partial charge in [-0.05, 0) is 90.5 Å². The third kappa shape index (κ3) is 11.0. The number of ether oxygens (including phenoxy) is 2. The maximum absolute atomic E-state index is 13.2. The van der Waals surface area contributed by atoms with Crippen LogP contribution in [0, 0.1) is 20.8 Å². The van der Waals surface area contributed by atoms with E-state index in [2.05, 4.69) is 34.8 Å². The van der Waals surface area contributed by atoms with Crippen LogP contribution in [0.15, 0.2) is 23.0 Å². The number of hydrogen-bond donors (Lipinski definition) is 5. The zero-order chi connectivity index (χ0) is 31.4. The highest BCUT2D eigenvalue weighted by molar-refractivity contribution is 5.97. The summed E-state index contributed by atoms with van der Waals surface area (Å²) in [5.74, 6) is 0.140. The molecule has 1 aromatic carbocycles. The van der Waals surface area contributed by atoms with Crippen LogP contribution in [0.1, 0.15) is 99.5 Å². The number of benzene rings is 1. The van der Waals surface area contributed by atoms with Crippen molar-refractivity contribution < 1.29 is 24.2 Å². The molecule has 1 aliphatic carbocycles. The number of carbonyl (C=O) groups excluding carboxylic acids is 2. The number of alkyl carbamates (subject to hydrolysis) is 1. The summed E-state index contributed by atoms with van der Waals surface area (Å²) in [6, 6.07) is 5.56. The van der Waals surface area contributed by atoms with Crippen molar-refractivity contribution in [1.29, 1.82) is 0 Å². The fourth-order valence-electron chi connectivity index (χ4n) is 4.76. The van der Waals surface area contributed by atoms with E-state index in [9.17, 15) is 19.5 Å². The Morgan fingerprint density at radius 3 is 2.21 bits per heavy atom. The molecular weight excluding hydrogens is 536 g/mol. The Bertz CT molecular complexity index is 1240. The number of pyridine rings is 1. The fraction of sp³-hybridized carbons (Fsp3) is 0.594. The lowest BCUT2D eigenvalue weighted by Gasteiger charge is -2.31. The minimum atomic E-state index is -0.540. The van der Waals surface area contributed by atoms with E-state index < -0.39 is 11.7 Å². The number of hydrogen-bond acceptors (Lipinski definition) is 7. The van der Waals surface area contributed by atoms with Crippen molar-refractivity contribution in [2.24, 2.45) is 0 Å². The van der Waals surface area contributed by atoms with Crippen molar-refractivity contribution in [3.8, 4) is 5.75 Å². The Morgan fingerprint density at radius 1 is 1.02 bits per heavy atom. The van der Waals surface area contributed by atoms with Crippen LogP contribution in [0.2, 0.25) is 0 Å². The number of rotatable bonds is 9. The van der Waals surface area contributed by atoms with E-state index in [1.807, 2.05) is 53.7 Å². The van der Waals surface area contributed by atoms with E-state index in [1.165, 1.54) is 6.42 Å². The van der Waals surface area contributed by atoms with Crippen LogP contribution < -0.4 is 26.2 Å². The Labute approximate surface area is 250 Å². The van der Waals surface area contributed by atoms with Gasteiger partial charge in [0.2, 0.25) is 0 Å². The molecule has 234 valence electrons. The normalized spacial score (nSPS) is 16.5. The summed E-state index contributed by atoms with van der Waals surface area (Å²) >= 11 is 0. The minimum absolute atomic E-state index is 0.0490. The second-order valence-corrected chi connectivity index (χ2v) is 11.9. The van der Waals surface area contributed by atoms with E-state index in [4.69, 9.17) is 9.47 Å². The monoisotopic (exact) mass is 586 g/mol. The molecule has 0 saturated heterocycles. The van der Waals surface area contributed by atoms with Crippen LogP contribution in [0.5, 0.6) is 5.75 Å². The average Bonchev–Trinajstić information content (AvgIpc) is 2.88. The first-order valence-electron chi connectivity index (χ1n) is 14.9. The molecule has 1 aliphatic rings. The van der Waals surface area contributed by atoms with Gasteiger partial charge in [0, 0.05) is 47.2 Å². The van der Waals surface area contributed by atoms with Gasteiger partial charge < -0.3 is 35.5 Å². The molecule has 5 N–H and O–H groups in total. The highest BCUT2D eigenvalue weighted by Crippen LogP contribution is 2.30. The molecule has 0 unspecified atom stereocenters. The number of aromatic amines is 1. The molecule has 0 bridgehead atoms. The van der Waals surface area contributed by atoms with E-state index in [1.54, 1.807) is 6.07 Å². The zero-order valence-corrected chi connectivity index (χ0v) is 26.5. The van der Waals surface area contributed by atoms with Crippen molar-refractivity contribution in [3.05, 3.63) is 56.5 Å². The molecule has 42 heavy (non-hydrogen) atoms. The van der Waals surface area contributed by atoms with Crippen LogP contribution >= 0.6 is 0 Å². The molecule has 1 heterocycles. The number of nitrogens with one attached hydrogen (secondary N) is 4. The molecule has 10 heteroatoms. The van der Waals surface area contributed by atoms with Gasteiger partial charge in [0.15, 0.2) is 0 Å². The standard InChI is InChI=1S/C29H42N4O6.C3H8/c1-17-13-18(2)31-27(36)24(17)16-30-26(35)23-14-22(38-12-11-34)15-25(19(23)3)32-20-7-9-21(10-8-20)33-28(37)39-29(4,5)6;1-3-2/h13-15,20-21,32,34H,7-12,16H2,1-6H3,(H,30,35)(H,31,36)(H,33,37);3H2,1-2H3. The second kappa shape index (κ2) is 16.2. The van der Waals surface area contributed by atoms with E-state index in [0.717, 1.165) is 48.2 Å². The first-order chi connectivity index (χ1) is 19.8. The molecule has 0 atom stereocenters. The Kier molecular flexibility index (Phi) is 13.4. The first-order valence-corrected chi connectivity index (χ1v) is 14.9. The van der Waals surface area contributed by atoms with Gasteiger partial charge in [-0.1, -0.05) is 20.3 Å². The number of aliphatic hydroxyl groups excluding tert-OH is 1. The molecule has 1 saturated carbocycles. The molecule has 0 aliphatic heterocycles. The topological polar surface area (TPSA) is 142 Å². The lowest BCUT2D eigenvalue weighted by atomic mass is 9.90. The number of carbonyl (C=O) groups is 2. The Hall–Kier alpha value is -3.53. The van der Waals surface area contributed by atoms with Gasteiger partial charge in [0.25, 0.3) is 11.5 Å². The number of anilines is 1. The Balaban J connectivity index is 0.00000197. The van der Waals surface area contributed by atoms with Gasteiger partial charge in [-0.25, -0.2) is 4.79 Å². The number of H-pyrrole nitrogens is 1. The third-order valence-electron chi connectivity index (χ3n) is 6.71. The average molecular weight is 587 g/mol. The summed E-state index contributed by atoms with van der Waals surface area (Å²) in [6.07, 6.45) is 4.11. The lowest BCUT2D eigenvalue weighted by molar-refractivity contribution is 0.0492. The van der Waals surface area contributed by atoms with Gasteiger partial charge >= 0.3 is 6.09 Å². The number of aryl methyl sites for hydroxylation is 2. The molecule has 2 amide bonds. The first kappa shape index (κ1) is 34.7. The smallest absolute Gasteiger partial charge is 0.407 e. The van der Waals surface area contributed by atoms with Crippen LogP contribution in [0.25, 0.3) is 0 Å². The van der Waals surface area contributed by atoms with Crippen LogP contribution in [0.4, 0.5) is 10.5 Å². The van der Waals surface area contributed by atoms with Crippen LogP contribution in [0.3, 0.4) is 0 Å². The molecule has 0 spiro atoms. The second-order valence-electron chi connectivity index (χ2n) is 11.9. The highest BCUT2D eigenvalue weighted by Gasteiger charge is 2.26. The van der Waals surface area contributed by atoms with Gasteiger partial charge in [0.05, 0.1) is 6.61 Å². The van der Waals surface area contributed by atoms with E-state index >= 15 is 0 Å². The third-order valence-corrected chi connectivity index (χ3v) is 6.71. The van der Waals surface area contributed by atoms with Gasteiger partial charge in [-0.2, -0.15) is 0 Å². The SMILES string of the molecule is CCC.Cc1cc(C)c(CNC(=O)c2cc(OCCO)cc(NC3CCC(NC(=O)OC(C)(C)C)CC3)c2C)c(=O)[nH]1. The predicted octanol–water partition coefficient (Wildman–Crippen LogP) is 5.27. The molecule has 10 nitrogen and oxygen atoms in total. The quantitative estimate of drug-likeness (QED) is 0.270. The van der Waals surface area contributed by atoms with E-state index in [-0.39, 0.29) is 43.3 Å². The summed E-state index contributed by atoms with van der Waals surface area (Å²) in [6.45, 7) is 15.3. The summed E-state index contributed by atoms with van der Waals surface area (Å²) in [5, 5.41) is 18.6. The summed E-state index contributed by atoms with van der Waals surface area (Å²) in [7, 11) is 0. The molecule has 1 aromatic heterocycles. The summed E-state index contributed by atoms with van der Waals surface area (Å²) in [4.78, 5) is 40.5. The maximum Gasteiger partial charge on any atom is 0.407 e. The summed E-state index contributed by atoms with van der Waals surface area (Å²) < 4.78 is 11.0. The number of aromatic nitrogens is 1. The summed E-state index contributed by atoms with van der Waals surface area (Å²) in [5.41, 5.74) is 3.28. The van der Waals surface area contributed by atoms with Crippen molar-refractivity contribution in [1.82, 2.24) is 15.6 Å². The van der Waals surface area contributed by atoms with Gasteiger partial charge in [0.1, 0.15) is 18.0 Å². The van der Waals surface area contributed by atoms with E-state index in [0.29, 0.717) is 16.9 Å². The fourth-order valence-corrected chi connectivity index (χ4v) is 4.76. The van der Waals surface area contributed by atoms with Gasteiger partial charge in [-0.15, -0.1) is 0 Å². The van der Waals surface area contributed by atoms with Crippen LogP contribution in [-0.2, 0) is 11.3 Å².